The van der Waals surface area contributed by atoms with Gasteiger partial charge in [-0.1, -0.05) is 0 Å². The summed E-state index contributed by atoms with van der Waals surface area (Å²) in [4.78, 5) is 14.6. The second-order valence-corrected chi connectivity index (χ2v) is 5.01. The standard InChI is InChI=1S/C15H19N3O3/c1-11(2)21-9-3-7-17-14-4-5-15(18(19)20)13-10-16-8-6-12(13)14/h4-6,8,10-11,17H,3,7,9H2,1-2H3. The molecule has 1 aromatic heterocycles. The molecular formula is C15H19N3O3. The van der Waals surface area contributed by atoms with E-state index < -0.39 is 0 Å². The van der Waals surface area contributed by atoms with Gasteiger partial charge in [0.25, 0.3) is 5.69 Å². The van der Waals surface area contributed by atoms with Crippen LogP contribution < -0.4 is 5.32 Å². The largest absolute Gasteiger partial charge is 0.384 e. The summed E-state index contributed by atoms with van der Waals surface area (Å²) < 4.78 is 5.48. The number of fused-ring (bicyclic) bond motifs is 1. The molecule has 0 aliphatic carbocycles. The van der Waals surface area contributed by atoms with Crippen molar-refractivity contribution in [2.75, 3.05) is 18.5 Å². The zero-order valence-electron chi connectivity index (χ0n) is 12.2. The first-order valence-electron chi connectivity index (χ1n) is 6.96. The Morgan fingerprint density at radius 2 is 2.14 bits per heavy atom. The number of nitro benzene ring substituents is 1. The van der Waals surface area contributed by atoms with E-state index in [1.807, 2.05) is 13.8 Å². The molecule has 21 heavy (non-hydrogen) atoms. The Morgan fingerprint density at radius 3 is 2.86 bits per heavy atom. The van der Waals surface area contributed by atoms with E-state index in [1.54, 1.807) is 18.3 Å². The van der Waals surface area contributed by atoms with Gasteiger partial charge in [-0.25, -0.2) is 0 Å². The van der Waals surface area contributed by atoms with Crippen LogP contribution in [0.1, 0.15) is 20.3 Å². The molecule has 0 atom stereocenters. The second-order valence-electron chi connectivity index (χ2n) is 5.01. The van der Waals surface area contributed by atoms with E-state index in [9.17, 15) is 10.1 Å². The van der Waals surface area contributed by atoms with Crippen LogP contribution in [0.2, 0.25) is 0 Å². The maximum absolute atomic E-state index is 11.0. The highest BCUT2D eigenvalue weighted by Crippen LogP contribution is 2.30. The minimum Gasteiger partial charge on any atom is -0.384 e. The lowest BCUT2D eigenvalue weighted by atomic mass is 10.1. The van der Waals surface area contributed by atoms with E-state index in [2.05, 4.69) is 10.3 Å². The number of anilines is 1. The Balaban J connectivity index is 2.11. The number of non-ortho nitro benzene ring substituents is 1. The topological polar surface area (TPSA) is 77.3 Å². The van der Waals surface area contributed by atoms with Gasteiger partial charge in [0, 0.05) is 42.7 Å². The molecule has 6 heteroatoms. The fourth-order valence-corrected chi connectivity index (χ4v) is 2.10. The third-order valence-electron chi connectivity index (χ3n) is 3.08. The Kier molecular flexibility index (Phi) is 5.05. The van der Waals surface area contributed by atoms with Gasteiger partial charge in [0.1, 0.15) is 0 Å². The Bertz CT molecular complexity index is 629. The molecular weight excluding hydrogens is 270 g/mol. The second kappa shape index (κ2) is 6.99. The number of ether oxygens (including phenoxy) is 1. The smallest absolute Gasteiger partial charge is 0.278 e. The van der Waals surface area contributed by atoms with Crippen molar-refractivity contribution in [3.05, 3.63) is 40.7 Å². The normalized spacial score (nSPS) is 11.0. The van der Waals surface area contributed by atoms with Gasteiger partial charge in [-0.3, -0.25) is 15.1 Å². The number of hydrogen-bond donors (Lipinski definition) is 1. The molecule has 0 radical (unpaired) electrons. The molecule has 6 nitrogen and oxygen atoms in total. The van der Waals surface area contributed by atoms with Gasteiger partial charge in [-0.2, -0.15) is 0 Å². The molecule has 0 unspecified atom stereocenters. The SMILES string of the molecule is CC(C)OCCCNc1ccc([N+](=O)[O-])c2cnccc12. The van der Waals surface area contributed by atoms with Crippen LogP contribution in [0, 0.1) is 10.1 Å². The summed E-state index contributed by atoms with van der Waals surface area (Å²) in [5, 5.41) is 15.7. The van der Waals surface area contributed by atoms with Gasteiger partial charge in [0.15, 0.2) is 0 Å². The number of benzene rings is 1. The molecule has 0 fully saturated rings. The van der Waals surface area contributed by atoms with Crippen molar-refractivity contribution in [3.63, 3.8) is 0 Å². The molecule has 0 amide bonds. The molecule has 0 bridgehead atoms. The summed E-state index contributed by atoms with van der Waals surface area (Å²) in [7, 11) is 0. The number of nitrogens with zero attached hydrogens (tertiary/aromatic N) is 2. The number of aromatic nitrogens is 1. The van der Waals surface area contributed by atoms with Crippen LogP contribution in [0.3, 0.4) is 0 Å². The molecule has 0 aliphatic rings. The van der Waals surface area contributed by atoms with Crippen molar-refractivity contribution < 1.29 is 9.66 Å². The van der Waals surface area contributed by atoms with Gasteiger partial charge >= 0.3 is 0 Å². The van der Waals surface area contributed by atoms with Gasteiger partial charge in [0.05, 0.1) is 16.4 Å². The predicted octanol–water partition coefficient (Wildman–Crippen LogP) is 3.37. The van der Waals surface area contributed by atoms with Crippen molar-refractivity contribution in [1.82, 2.24) is 4.98 Å². The van der Waals surface area contributed by atoms with E-state index >= 15 is 0 Å². The summed E-state index contributed by atoms with van der Waals surface area (Å²) >= 11 is 0. The van der Waals surface area contributed by atoms with Gasteiger partial charge in [-0.05, 0) is 32.4 Å². The number of nitrogens with one attached hydrogen (secondary N) is 1. The molecule has 0 saturated carbocycles. The third kappa shape index (κ3) is 3.88. The first-order valence-corrected chi connectivity index (χ1v) is 6.96. The lowest BCUT2D eigenvalue weighted by Crippen LogP contribution is -2.09. The van der Waals surface area contributed by atoms with Crippen LogP contribution in [-0.4, -0.2) is 29.2 Å². The molecule has 2 aromatic rings. The fourth-order valence-electron chi connectivity index (χ4n) is 2.10. The van der Waals surface area contributed by atoms with E-state index in [0.717, 1.165) is 24.0 Å². The highest BCUT2D eigenvalue weighted by atomic mass is 16.6. The van der Waals surface area contributed by atoms with Crippen molar-refractivity contribution in [2.24, 2.45) is 0 Å². The predicted molar refractivity (Wildman–Crippen MR) is 82.6 cm³/mol. The highest BCUT2D eigenvalue weighted by Gasteiger charge is 2.13. The lowest BCUT2D eigenvalue weighted by Gasteiger charge is -2.11. The third-order valence-corrected chi connectivity index (χ3v) is 3.08. The quantitative estimate of drug-likeness (QED) is 0.480. The van der Waals surface area contributed by atoms with E-state index in [1.165, 1.54) is 12.3 Å². The summed E-state index contributed by atoms with van der Waals surface area (Å²) in [6.07, 6.45) is 4.28. The minimum atomic E-state index is -0.385. The summed E-state index contributed by atoms with van der Waals surface area (Å²) in [5.41, 5.74) is 0.953. The lowest BCUT2D eigenvalue weighted by molar-refractivity contribution is -0.383. The van der Waals surface area contributed by atoms with Crippen molar-refractivity contribution >= 4 is 22.1 Å². The van der Waals surface area contributed by atoms with Gasteiger partial charge in [0.2, 0.25) is 0 Å². The Labute approximate surface area is 123 Å². The van der Waals surface area contributed by atoms with Crippen LogP contribution >= 0.6 is 0 Å². The Morgan fingerprint density at radius 1 is 1.33 bits per heavy atom. The average Bonchev–Trinajstić information content (AvgIpc) is 2.46. The zero-order chi connectivity index (χ0) is 15.2. The summed E-state index contributed by atoms with van der Waals surface area (Å²) in [6.45, 7) is 5.45. The highest BCUT2D eigenvalue weighted by molar-refractivity contribution is 5.99. The zero-order valence-corrected chi connectivity index (χ0v) is 12.2. The minimum absolute atomic E-state index is 0.0757. The van der Waals surface area contributed by atoms with Crippen molar-refractivity contribution in [1.29, 1.82) is 0 Å². The molecule has 2 rings (SSSR count). The first-order chi connectivity index (χ1) is 10.1. The number of pyridine rings is 1. The molecule has 0 saturated heterocycles. The van der Waals surface area contributed by atoms with E-state index in [0.29, 0.717) is 12.0 Å². The fraction of sp³-hybridized carbons (Fsp3) is 0.400. The summed E-state index contributed by atoms with van der Waals surface area (Å²) in [5.74, 6) is 0. The molecule has 0 aliphatic heterocycles. The van der Waals surface area contributed by atoms with Crippen molar-refractivity contribution in [3.8, 4) is 0 Å². The number of nitro groups is 1. The van der Waals surface area contributed by atoms with Crippen LogP contribution in [0.4, 0.5) is 11.4 Å². The van der Waals surface area contributed by atoms with Crippen LogP contribution in [-0.2, 0) is 4.74 Å². The van der Waals surface area contributed by atoms with Crippen molar-refractivity contribution in [2.45, 2.75) is 26.4 Å². The molecule has 1 N–H and O–H groups in total. The van der Waals surface area contributed by atoms with Gasteiger partial charge in [-0.15, -0.1) is 0 Å². The number of hydrogen-bond acceptors (Lipinski definition) is 5. The summed E-state index contributed by atoms with van der Waals surface area (Å²) in [6, 6.07) is 5.04. The maximum Gasteiger partial charge on any atom is 0.278 e. The first kappa shape index (κ1) is 15.2. The van der Waals surface area contributed by atoms with Crippen LogP contribution in [0.25, 0.3) is 10.8 Å². The van der Waals surface area contributed by atoms with Gasteiger partial charge < -0.3 is 10.1 Å². The molecule has 1 aromatic carbocycles. The maximum atomic E-state index is 11.0. The van der Waals surface area contributed by atoms with Crippen LogP contribution in [0.5, 0.6) is 0 Å². The molecule has 112 valence electrons. The molecule has 0 spiro atoms. The van der Waals surface area contributed by atoms with E-state index in [-0.39, 0.29) is 16.7 Å². The average molecular weight is 289 g/mol. The Hall–Kier alpha value is -2.21. The monoisotopic (exact) mass is 289 g/mol. The van der Waals surface area contributed by atoms with Crippen LogP contribution in [0.15, 0.2) is 30.6 Å². The molecule has 1 heterocycles. The van der Waals surface area contributed by atoms with E-state index in [4.69, 9.17) is 4.74 Å². The number of rotatable bonds is 7.